The fourth-order valence-electron chi connectivity index (χ4n) is 6.14. The van der Waals surface area contributed by atoms with Gasteiger partial charge in [0.2, 0.25) is 17.5 Å². The highest BCUT2D eigenvalue weighted by Gasteiger charge is 2.45. The first kappa shape index (κ1) is 32.9. The fraction of sp³-hybridized carbons (Fsp3) is 0.417. The highest BCUT2D eigenvalue weighted by Crippen LogP contribution is 2.36. The van der Waals surface area contributed by atoms with Crippen LogP contribution in [-0.4, -0.2) is 37.9 Å². The van der Waals surface area contributed by atoms with Gasteiger partial charge in [-0.2, -0.15) is 0 Å². The summed E-state index contributed by atoms with van der Waals surface area (Å²) in [6.07, 6.45) is 0.688. The van der Waals surface area contributed by atoms with E-state index in [2.05, 4.69) is 26.2 Å². The average molecular weight is 632 g/mol. The van der Waals surface area contributed by atoms with Gasteiger partial charge in [0.05, 0.1) is 5.92 Å². The summed E-state index contributed by atoms with van der Waals surface area (Å²) in [6.45, 7) is 12.3. The van der Waals surface area contributed by atoms with Gasteiger partial charge in [-0.3, -0.25) is 14.4 Å². The third kappa shape index (κ3) is 6.57. The molecule has 0 spiro atoms. The van der Waals surface area contributed by atoms with E-state index >= 15 is 8.78 Å². The van der Waals surface area contributed by atoms with E-state index in [9.17, 15) is 14.4 Å². The van der Waals surface area contributed by atoms with Gasteiger partial charge in [0.15, 0.2) is 0 Å². The molecule has 0 radical (unpaired) electrons. The van der Waals surface area contributed by atoms with Gasteiger partial charge >= 0.3 is 0 Å². The van der Waals surface area contributed by atoms with Crippen molar-refractivity contribution in [2.45, 2.75) is 70.9 Å². The molecule has 2 heterocycles. The lowest BCUT2D eigenvalue weighted by Gasteiger charge is -2.37. The first-order valence-electron chi connectivity index (χ1n) is 15.6. The molecular formula is C36H43F2N5O3. The maximum Gasteiger partial charge on any atom is 0.275 e. The summed E-state index contributed by atoms with van der Waals surface area (Å²) in [6, 6.07) is 14.6. The lowest BCUT2D eigenvalue weighted by Crippen LogP contribution is -2.60. The number of nitrogens with one attached hydrogen (secondary N) is 4. The van der Waals surface area contributed by atoms with Crippen molar-refractivity contribution in [2.75, 3.05) is 35.7 Å². The number of hydrogen-bond acceptors (Lipinski definition) is 5. The van der Waals surface area contributed by atoms with Crippen molar-refractivity contribution >= 4 is 34.8 Å². The number of carbonyl (C=O) groups excluding carboxylic acids is 3. The second-order valence-corrected chi connectivity index (χ2v) is 14.4. The van der Waals surface area contributed by atoms with E-state index in [4.69, 9.17) is 0 Å². The number of rotatable bonds is 7. The minimum atomic E-state index is -1.98. The molecular weight excluding hydrogens is 588 g/mol. The molecule has 2 atom stereocenters. The Bertz CT molecular complexity index is 1690. The predicted octanol–water partition coefficient (Wildman–Crippen LogP) is 5.71. The van der Waals surface area contributed by atoms with Crippen LogP contribution in [-0.2, 0) is 37.3 Å². The van der Waals surface area contributed by atoms with E-state index in [0.29, 0.717) is 16.7 Å². The molecule has 5 rings (SSSR count). The summed E-state index contributed by atoms with van der Waals surface area (Å²) in [5.74, 6) is -3.21. The number of nitrogens with zero attached hydrogens (tertiary/aromatic N) is 1. The van der Waals surface area contributed by atoms with E-state index in [0.717, 1.165) is 24.2 Å². The van der Waals surface area contributed by atoms with E-state index in [1.165, 1.54) is 12.1 Å². The van der Waals surface area contributed by atoms with E-state index in [1.54, 1.807) is 30.3 Å². The van der Waals surface area contributed by atoms with E-state index in [-0.39, 0.29) is 30.2 Å². The number of benzene rings is 3. The van der Waals surface area contributed by atoms with Crippen molar-refractivity contribution in [1.29, 1.82) is 0 Å². The first-order chi connectivity index (χ1) is 21.5. The van der Waals surface area contributed by atoms with Crippen molar-refractivity contribution in [2.24, 2.45) is 5.92 Å². The Morgan fingerprint density at radius 1 is 0.870 bits per heavy atom. The first-order valence-corrected chi connectivity index (χ1v) is 15.6. The van der Waals surface area contributed by atoms with Gasteiger partial charge in [-0.1, -0.05) is 59.7 Å². The van der Waals surface area contributed by atoms with Gasteiger partial charge in [0, 0.05) is 49.2 Å². The van der Waals surface area contributed by atoms with Crippen molar-refractivity contribution in [3.63, 3.8) is 0 Å². The molecule has 8 nitrogen and oxygen atoms in total. The maximum atomic E-state index is 15.5. The van der Waals surface area contributed by atoms with Gasteiger partial charge in [-0.25, -0.2) is 8.78 Å². The minimum absolute atomic E-state index is 0.0348. The van der Waals surface area contributed by atoms with Crippen LogP contribution in [0, 0.1) is 17.6 Å². The summed E-state index contributed by atoms with van der Waals surface area (Å²) < 4.78 is 30.8. The number of anilines is 3. The topological polar surface area (TPSA) is 103 Å². The SMILES string of the molecule is CN1CCc2cc(C(NC(=O)[C@@H]3CNC(=O)C3)(Nc3ccc(C(C)(C)C)c(F)c3)C(=O)Nc3ccc(C(C)(C)C)c(F)c3)ccc21. The Balaban J connectivity index is 1.64. The molecule has 3 aromatic rings. The van der Waals surface area contributed by atoms with Crippen molar-refractivity contribution in [3.8, 4) is 0 Å². The van der Waals surface area contributed by atoms with Crippen LogP contribution in [0.4, 0.5) is 25.8 Å². The lowest BCUT2D eigenvalue weighted by molar-refractivity contribution is -0.132. The summed E-state index contributed by atoms with van der Waals surface area (Å²) in [5.41, 5.74) is 0.863. The van der Waals surface area contributed by atoms with Crippen LogP contribution >= 0.6 is 0 Å². The lowest BCUT2D eigenvalue weighted by atomic mass is 9.86. The average Bonchev–Trinajstić information content (AvgIpc) is 3.56. The quantitative estimate of drug-likeness (QED) is 0.251. The minimum Gasteiger partial charge on any atom is -0.374 e. The fourth-order valence-corrected chi connectivity index (χ4v) is 6.14. The molecule has 4 N–H and O–H groups in total. The van der Waals surface area contributed by atoms with Gasteiger partial charge in [-0.15, -0.1) is 0 Å². The highest BCUT2D eigenvalue weighted by atomic mass is 19.1. The zero-order valence-corrected chi connectivity index (χ0v) is 27.5. The van der Waals surface area contributed by atoms with E-state index in [1.807, 2.05) is 60.7 Å². The molecule has 3 aromatic carbocycles. The standard InChI is InChI=1S/C36H43F2N5O3/c1-34(2,3)26-11-9-24(18-28(26)37)40-33(46)36(42-32(45)22-17-31(44)39-20-22,23-8-13-30-21(16-23)14-15-43(30)7)41-25-10-12-27(29(38)19-25)35(4,5)6/h8-13,16,18-19,22,41H,14-15,17,20H2,1-7H3,(H,39,44)(H,40,46)(H,42,45)/t22-,36?/m0/s1. The molecule has 1 fully saturated rings. The molecule has 46 heavy (non-hydrogen) atoms. The Hall–Kier alpha value is -4.47. The molecule has 2 aliphatic heterocycles. The van der Waals surface area contributed by atoms with Gasteiger partial charge in [-0.05, 0) is 70.3 Å². The monoisotopic (exact) mass is 631 g/mol. The molecule has 1 unspecified atom stereocenters. The molecule has 3 amide bonds. The second kappa shape index (κ2) is 12.0. The van der Waals surface area contributed by atoms with Crippen LogP contribution in [0.2, 0.25) is 0 Å². The molecule has 2 aliphatic rings. The van der Waals surface area contributed by atoms with Crippen LogP contribution in [0.1, 0.15) is 70.2 Å². The summed E-state index contributed by atoms with van der Waals surface area (Å²) >= 11 is 0. The van der Waals surface area contributed by atoms with Crippen LogP contribution in [0.15, 0.2) is 54.6 Å². The van der Waals surface area contributed by atoms with E-state index < -0.39 is 45.9 Å². The van der Waals surface area contributed by atoms with Crippen LogP contribution in [0.5, 0.6) is 0 Å². The molecule has 0 saturated carbocycles. The number of hydrogen-bond donors (Lipinski definition) is 4. The Morgan fingerprint density at radius 2 is 1.48 bits per heavy atom. The molecule has 1 saturated heterocycles. The number of likely N-dealkylation sites (N-methyl/N-ethyl adjacent to an activating group) is 1. The molecule has 0 aromatic heterocycles. The predicted molar refractivity (Wildman–Crippen MR) is 177 cm³/mol. The molecule has 244 valence electrons. The summed E-state index contributed by atoms with van der Waals surface area (Å²) in [5, 5.41) is 11.6. The van der Waals surface area contributed by atoms with Crippen molar-refractivity contribution in [1.82, 2.24) is 10.6 Å². The highest BCUT2D eigenvalue weighted by molar-refractivity contribution is 6.04. The number of halogens is 2. The Morgan fingerprint density at radius 3 is 2.04 bits per heavy atom. The third-order valence-electron chi connectivity index (χ3n) is 8.78. The third-order valence-corrected chi connectivity index (χ3v) is 8.78. The zero-order chi connectivity index (χ0) is 33.6. The maximum absolute atomic E-state index is 15.5. The number of fused-ring (bicyclic) bond motifs is 1. The molecule has 0 aliphatic carbocycles. The normalized spacial score (nSPS) is 17.6. The number of amides is 3. The second-order valence-electron chi connectivity index (χ2n) is 14.4. The van der Waals surface area contributed by atoms with Crippen LogP contribution in [0.3, 0.4) is 0 Å². The number of carbonyl (C=O) groups is 3. The summed E-state index contributed by atoms with van der Waals surface area (Å²) in [7, 11) is 1.98. The molecule has 0 bridgehead atoms. The zero-order valence-electron chi connectivity index (χ0n) is 27.5. The van der Waals surface area contributed by atoms with Gasteiger partial charge in [0.25, 0.3) is 5.91 Å². The smallest absolute Gasteiger partial charge is 0.275 e. The van der Waals surface area contributed by atoms with Gasteiger partial charge in [0.1, 0.15) is 11.6 Å². The van der Waals surface area contributed by atoms with Crippen LogP contribution in [0.25, 0.3) is 0 Å². The van der Waals surface area contributed by atoms with Crippen LogP contribution < -0.4 is 26.2 Å². The van der Waals surface area contributed by atoms with Crippen molar-refractivity contribution < 1.29 is 23.2 Å². The largest absolute Gasteiger partial charge is 0.374 e. The van der Waals surface area contributed by atoms with Gasteiger partial charge < -0.3 is 26.2 Å². The summed E-state index contributed by atoms with van der Waals surface area (Å²) in [4.78, 5) is 42.6. The Labute approximate surface area is 269 Å². The Kier molecular flexibility index (Phi) is 8.61. The van der Waals surface area contributed by atoms with Crippen molar-refractivity contribution in [3.05, 3.63) is 88.5 Å². The molecule has 10 heteroatoms.